The summed E-state index contributed by atoms with van der Waals surface area (Å²) in [6.45, 7) is 12.4. The second kappa shape index (κ2) is 7.60. The Morgan fingerprint density at radius 2 is 1.46 bits per heavy atom. The van der Waals surface area contributed by atoms with Crippen LogP contribution in [-0.4, -0.2) is 49.4 Å². The number of carboxylic acids is 2. The minimum absolute atomic E-state index is 0.0478. The van der Waals surface area contributed by atoms with Gasteiger partial charge in [-0.3, -0.25) is 9.59 Å². The summed E-state index contributed by atoms with van der Waals surface area (Å²) in [7, 11) is 0. The topological polar surface area (TPSA) is 135 Å². The van der Waals surface area contributed by atoms with Crippen molar-refractivity contribution in [1.82, 2.24) is 0 Å². The summed E-state index contributed by atoms with van der Waals surface area (Å²) in [6.07, 6.45) is 5.88. The van der Waals surface area contributed by atoms with Crippen LogP contribution in [0.3, 0.4) is 0 Å². The molecule has 9 atom stereocenters. The molecule has 0 amide bonds. The van der Waals surface area contributed by atoms with E-state index in [-0.39, 0.29) is 29.1 Å². The summed E-state index contributed by atoms with van der Waals surface area (Å²) in [5.41, 5.74) is -2.76. The lowest BCUT2D eigenvalue weighted by Gasteiger charge is -2.72. The van der Waals surface area contributed by atoms with Crippen molar-refractivity contribution in [2.75, 3.05) is 0 Å². The predicted molar refractivity (Wildman–Crippen MR) is 137 cm³/mol. The minimum atomic E-state index is -2.42. The van der Waals surface area contributed by atoms with Crippen LogP contribution >= 0.6 is 0 Å². The van der Waals surface area contributed by atoms with Gasteiger partial charge in [-0.15, -0.1) is 0 Å². The van der Waals surface area contributed by atoms with Gasteiger partial charge in [-0.1, -0.05) is 46.3 Å². The molecule has 0 aromatic rings. The van der Waals surface area contributed by atoms with Crippen molar-refractivity contribution < 1.29 is 35.1 Å². The quantitative estimate of drug-likeness (QED) is 0.266. The average Bonchev–Trinajstić information content (AvgIpc) is 2.78. The molecular formula is C30H46O7. The fourth-order valence-electron chi connectivity index (χ4n) is 10.6. The van der Waals surface area contributed by atoms with Gasteiger partial charge in [0.1, 0.15) is 6.10 Å². The highest BCUT2D eigenvalue weighted by molar-refractivity contribution is 5.77. The SMILES string of the molecule is CC1(C)CC[C@]2(C(=O)O)CC[C@]3(C)C(=CC[C@@H]4[C@]5(C)[C@@H](CC[C@]43C)[C@@](C)(C(=O)O)CC(O)C5(O)O)[C@@H]2C1. The molecule has 7 heteroatoms. The maximum absolute atomic E-state index is 12.8. The van der Waals surface area contributed by atoms with Gasteiger partial charge in [-0.25, -0.2) is 0 Å². The first-order valence-electron chi connectivity index (χ1n) is 14.1. The zero-order valence-corrected chi connectivity index (χ0v) is 23.3. The van der Waals surface area contributed by atoms with Gasteiger partial charge >= 0.3 is 11.9 Å². The molecule has 4 saturated carbocycles. The van der Waals surface area contributed by atoms with Crippen LogP contribution in [0.2, 0.25) is 0 Å². The number of rotatable bonds is 2. The van der Waals surface area contributed by atoms with E-state index in [0.29, 0.717) is 32.1 Å². The summed E-state index contributed by atoms with van der Waals surface area (Å²) >= 11 is 0. The van der Waals surface area contributed by atoms with Gasteiger partial charge in [0.2, 0.25) is 0 Å². The molecule has 5 aliphatic carbocycles. The van der Waals surface area contributed by atoms with Crippen molar-refractivity contribution in [3.05, 3.63) is 11.6 Å². The highest BCUT2D eigenvalue weighted by atomic mass is 16.5. The highest BCUT2D eigenvalue weighted by Gasteiger charge is 2.76. The van der Waals surface area contributed by atoms with Crippen molar-refractivity contribution in [3.63, 3.8) is 0 Å². The summed E-state index contributed by atoms with van der Waals surface area (Å²) in [5.74, 6) is -4.98. The molecule has 0 heterocycles. The molecular weight excluding hydrogens is 472 g/mol. The molecule has 7 nitrogen and oxygen atoms in total. The molecule has 0 aliphatic heterocycles. The van der Waals surface area contributed by atoms with Crippen LogP contribution < -0.4 is 0 Å². The van der Waals surface area contributed by atoms with Crippen LogP contribution in [0.1, 0.15) is 99.3 Å². The summed E-state index contributed by atoms with van der Waals surface area (Å²) in [4.78, 5) is 25.3. The molecule has 1 unspecified atom stereocenters. The fraction of sp³-hybridized carbons (Fsp3) is 0.867. The van der Waals surface area contributed by atoms with E-state index in [9.17, 15) is 35.1 Å². The second-order valence-corrected chi connectivity index (χ2v) is 15.1. The van der Waals surface area contributed by atoms with E-state index in [1.165, 1.54) is 5.57 Å². The molecule has 5 rings (SSSR count). The number of fused-ring (bicyclic) bond motifs is 7. The van der Waals surface area contributed by atoms with E-state index < -0.39 is 51.4 Å². The monoisotopic (exact) mass is 518 g/mol. The largest absolute Gasteiger partial charge is 0.481 e. The Bertz CT molecular complexity index is 1060. The molecule has 5 N–H and O–H groups in total. The van der Waals surface area contributed by atoms with Crippen LogP contribution in [0.15, 0.2) is 11.6 Å². The van der Waals surface area contributed by atoms with Crippen molar-refractivity contribution in [3.8, 4) is 0 Å². The van der Waals surface area contributed by atoms with Gasteiger partial charge in [-0.2, -0.15) is 0 Å². The number of carboxylic acid groups (broad SMARTS) is 2. The Hall–Kier alpha value is -1.44. The van der Waals surface area contributed by atoms with Crippen LogP contribution in [0.25, 0.3) is 0 Å². The number of hydrogen-bond donors (Lipinski definition) is 5. The van der Waals surface area contributed by atoms with E-state index in [4.69, 9.17) is 0 Å². The van der Waals surface area contributed by atoms with E-state index in [2.05, 4.69) is 33.8 Å². The van der Waals surface area contributed by atoms with E-state index in [1.54, 1.807) is 13.8 Å². The molecule has 5 aliphatic rings. The molecule has 0 aromatic carbocycles. The number of carbonyl (C=O) groups is 2. The average molecular weight is 519 g/mol. The molecule has 4 fully saturated rings. The highest BCUT2D eigenvalue weighted by Crippen LogP contribution is 2.76. The zero-order valence-electron chi connectivity index (χ0n) is 23.3. The first-order valence-corrected chi connectivity index (χ1v) is 14.1. The summed E-state index contributed by atoms with van der Waals surface area (Å²) in [6, 6.07) is 0. The normalized spacial score (nSPS) is 52.0. The standard InChI is InChI=1S/C30H46O7/c1-24(2)11-13-29(23(34)35)14-12-26(4)17(18(29)15-24)7-8-20-27(26,5)10-9-19-25(3,22(32)33)16-21(31)30(36,37)28(19,20)6/h7,18-21,31,36-37H,8-16H2,1-6H3,(H,32,33)(H,34,35)/t18-,19-,20-,21?,25-,26+,27+,28-,29-/m0/s1. The first kappa shape index (κ1) is 27.1. The third-order valence-electron chi connectivity index (χ3n) is 13.3. The fourth-order valence-corrected chi connectivity index (χ4v) is 10.6. The Labute approximate surface area is 220 Å². The van der Waals surface area contributed by atoms with E-state index >= 15 is 0 Å². The summed E-state index contributed by atoms with van der Waals surface area (Å²) in [5, 5.41) is 54.8. The van der Waals surface area contributed by atoms with Gasteiger partial charge in [0.15, 0.2) is 5.79 Å². The lowest BCUT2D eigenvalue weighted by Crippen LogP contribution is -2.74. The summed E-state index contributed by atoms with van der Waals surface area (Å²) < 4.78 is 0. The number of aliphatic carboxylic acids is 2. The molecule has 0 saturated heterocycles. The molecule has 0 aromatic heterocycles. The Kier molecular flexibility index (Phi) is 5.58. The van der Waals surface area contributed by atoms with Gasteiger partial charge < -0.3 is 25.5 Å². The maximum Gasteiger partial charge on any atom is 0.310 e. The Balaban J connectivity index is 1.67. The molecule has 208 valence electrons. The Morgan fingerprint density at radius 1 is 0.838 bits per heavy atom. The zero-order chi connectivity index (χ0) is 27.6. The maximum atomic E-state index is 12.8. The number of allylic oxidation sites excluding steroid dienone is 2. The van der Waals surface area contributed by atoms with Crippen molar-refractivity contribution in [1.29, 1.82) is 0 Å². The molecule has 0 spiro atoms. The number of hydrogen-bond acceptors (Lipinski definition) is 5. The van der Waals surface area contributed by atoms with Gasteiger partial charge in [0.25, 0.3) is 0 Å². The number of aliphatic hydroxyl groups is 3. The van der Waals surface area contributed by atoms with Crippen molar-refractivity contribution in [2.45, 2.75) is 111 Å². The van der Waals surface area contributed by atoms with Crippen LogP contribution in [0, 0.1) is 50.2 Å². The van der Waals surface area contributed by atoms with Gasteiger partial charge in [-0.05, 0) is 98.7 Å². The molecule has 37 heavy (non-hydrogen) atoms. The second-order valence-electron chi connectivity index (χ2n) is 15.1. The van der Waals surface area contributed by atoms with E-state index in [1.807, 2.05) is 0 Å². The lowest BCUT2D eigenvalue weighted by molar-refractivity contribution is -0.372. The smallest absolute Gasteiger partial charge is 0.310 e. The Morgan fingerprint density at radius 3 is 2.05 bits per heavy atom. The van der Waals surface area contributed by atoms with Crippen molar-refractivity contribution >= 4 is 11.9 Å². The predicted octanol–water partition coefficient (Wildman–Crippen LogP) is 4.59. The van der Waals surface area contributed by atoms with Crippen molar-refractivity contribution in [2.24, 2.45) is 50.2 Å². The van der Waals surface area contributed by atoms with Crippen LogP contribution in [0.4, 0.5) is 0 Å². The lowest BCUT2D eigenvalue weighted by atomic mass is 9.32. The van der Waals surface area contributed by atoms with Crippen LogP contribution in [-0.2, 0) is 9.59 Å². The third-order valence-corrected chi connectivity index (χ3v) is 13.3. The van der Waals surface area contributed by atoms with E-state index in [0.717, 1.165) is 19.3 Å². The minimum Gasteiger partial charge on any atom is -0.481 e. The molecule has 0 radical (unpaired) electrons. The first-order chi connectivity index (χ1) is 16.8. The number of aliphatic hydroxyl groups excluding tert-OH is 1. The van der Waals surface area contributed by atoms with Crippen LogP contribution in [0.5, 0.6) is 0 Å². The van der Waals surface area contributed by atoms with Gasteiger partial charge in [0, 0.05) is 5.41 Å². The molecule has 0 bridgehead atoms. The third kappa shape index (κ3) is 3.05. The van der Waals surface area contributed by atoms with Gasteiger partial charge in [0.05, 0.1) is 10.8 Å².